The Bertz CT molecular complexity index is 1120. The normalized spacial score (nSPS) is 12.5. The zero-order chi connectivity index (χ0) is 21.6. The van der Waals surface area contributed by atoms with Gasteiger partial charge < -0.3 is 9.84 Å². The molecule has 10 heteroatoms. The summed E-state index contributed by atoms with van der Waals surface area (Å²) < 4.78 is 6.62. The van der Waals surface area contributed by atoms with Crippen molar-refractivity contribution in [2.75, 3.05) is 0 Å². The largest absolute Gasteiger partial charge is 0.344 e. The standard InChI is InChI=1S/C19H27N7O3/c1-10-12(14(28)26-17(20-10)21-11(2)24-26)8-9-13(27)23-19(6,7)15-22-16(29-25-15)18(3,4)5/h8-9H2,1-7H3,(H,23,27)(H,20,21,24). The molecule has 29 heavy (non-hydrogen) atoms. The first kappa shape index (κ1) is 20.7. The molecule has 0 unspecified atom stereocenters. The lowest BCUT2D eigenvalue weighted by molar-refractivity contribution is -0.122. The summed E-state index contributed by atoms with van der Waals surface area (Å²) in [5.74, 6) is 1.61. The predicted octanol–water partition coefficient (Wildman–Crippen LogP) is 1.70. The molecule has 0 saturated heterocycles. The number of fused-ring (bicyclic) bond motifs is 1. The number of amides is 1. The van der Waals surface area contributed by atoms with Gasteiger partial charge in [-0.1, -0.05) is 25.9 Å². The maximum absolute atomic E-state index is 12.7. The number of hydrogen-bond donors (Lipinski definition) is 2. The highest BCUT2D eigenvalue weighted by molar-refractivity contribution is 5.77. The van der Waals surface area contributed by atoms with E-state index in [4.69, 9.17) is 4.52 Å². The number of aromatic amines is 1. The molecule has 0 saturated carbocycles. The maximum Gasteiger partial charge on any atom is 0.277 e. The van der Waals surface area contributed by atoms with E-state index >= 15 is 0 Å². The summed E-state index contributed by atoms with van der Waals surface area (Å²) in [4.78, 5) is 38.1. The molecule has 3 heterocycles. The molecule has 0 fully saturated rings. The van der Waals surface area contributed by atoms with Crippen LogP contribution in [0.5, 0.6) is 0 Å². The quantitative estimate of drug-likeness (QED) is 0.665. The second-order valence-electron chi connectivity index (χ2n) is 8.77. The van der Waals surface area contributed by atoms with Crippen LogP contribution in [-0.4, -0.2) is 35.6 Å². The minimum atomic E-state index is -0.809. The van der Waals surface area contributed by atoms with E-state index in [0.717, 1.165) is 0 Å². The minimum absolute atomic E-state index is 0.129. The third-order valence-electron chi connectivity index (χ3n) is 4.59. The smallest absolute Gasteiger partial charge is 0.277 e. The third-order valence-corrected chi connectivity index (χ3v) is 4.59. The van der Waals surface area contributed by atoms with Crippen LogP contribution in [0.2, 0.25) is 0 Å². The van der Waals surface area contributed by atoms with Gasteiger partial charge in [-0.15, -0.1) is 0 Å². The average molecular weight is 401 g/mol. The van der Waals surface area contributed by atoms with Crippen LogP contribution >= 0.6 is 0 Å². The first-order valence-electron chi connectivity index (χ1n) is 9.49. The van der Waals surface area contributed by atoms with E-state index in [2.05, 4.69) is 30.5 Å². The third kappa shape index (κ3) is 4.20. The van der Waals surface area contributed by atoms with Gasteiger partial charge in [0.2, 0.25) is 11.8 Å². The van der Waals surface area contributed by atoms with Crippen molar-refractivity contribution in [2.24, 2.45) is 0 Å². The summed E-state index contributed by atoms with van der Waals surface area (Å²) >= 11 is 0. The average Bonchev–Trinajstić information content (AvgIpc) is 3.21. The van der Waals surface area contributed by atoms with Gasteiger partial charge in [-0.05, 0) is 34.1 Å². The Balaban J connectivity index is 1.72. The summed E-state index contributed by atoms with van der Waals surface area (Å²) in [6, 6.07) is 0. The highest BCUT2D eigenvalue weighted by atomic mass is 16.5. The molecule has 1 amide bonds. The molecule has 0 atom stereocenters. The summed E-state index contributed by atoms with van der Waals surface area (Å²) in [5.41, 5.74) is -0.276. The highest BCUT2D eigenvalue weighted by Gasteiger charge is 2.31. The first-order valence-corrected chi connectivity index (χ1v) is 9.49. The number of nitrogens with zero attached hydrogens (tertiary/aromatic N) is 5. The van der Waals surface area contributed by atoms with Crippen molar-refractivity contribution in [3.8, 4) is 0 Å². The Labute approximate surface area is 168 Å². The topological polar surface area (TPSA) is 131 Å². The van der Waals surface area contributed by atoms with E-state index < -0.39 is 5.54 Å². The van der Waals surface area contributed by atoms with Gasteiger partial charge in [0.05, 0.1) is 11.2 Å². The van der Waals surface area contributed by atoms with Crippen LogP contribution in [0.3, 0.4) is 0 Å². The summed E-state index contributed by atoms with van der Waals surface area (Å²) in [6.07, 6.45) is 0.393. The van der Waals surface area contributed by atoms with Gasteiger partial charge >= 0.3 is 0 Å². The zero-order valence-electron chi connectivity index (χ0n) is 17.9. The minimum Gasteiger partial charge on any atom is -0.344 e. The lowest BCUT2D eigenvalue weighted by Crippen LogP contribution is -2.42. The molecule has 3 aromatic rings. The summed E-state index contributed by atoms with van der Waals surface area (Å²) in [6.45, 7) is 13.0. The van der Waals surface area contributed by atoms with E-state index in [1.54, 1.807) is 13.8 Å². The van der Waals surface area contributed by atoms with E-state index in [1.807, 2.05) is 34.6 Å². The summed E-state index contributed by atoms with van der Waals surface area (Å²) in [7, 11) is 0. The number of carbonyl (C=O) groups is 1. The molecule has 10 nitrogen and oxygen atoms in total. The fourth-order valence-corrected chi connectivity index (χ4v) is 2.94. The molecular formula is C19H27N7O3. The van der Waals surface area contributed by atoms with Crippen LogP contribution in [-0.2, 0) is 22.2 Å². The maximum atomic E-state index is 12.7. The van der Waals surface area contributed by atoms with Crippen LogP contribution in [0.25, 0.3) is 5.78 Å². The molecule has 0 aliphatic carbocycles. The van der Waals surface area contributed by atoms with Gasteiger partial charge in [-0.25, -0.2) is 4.98 Å². The SMILES string of the molecule is Cc1nc2nc(C)c(CCC(=O)NC(C)(C)c3noc(C(C)(C)C)n3)c(=O)n2[nH]1. The second-order valence-corrected chi connectivity index (χ2v) is 8.77. The van der Waals surface area contributed by atoms with Crippen molar-refractivity contribution in [1.29, 1.82) is 0 Å². The highest BCUT2D eigenvalue weighted by Crippen LogP contribution is 2.24. The van der Waals surface area contributed by atoms with Crippen molar-refractivity contribution in [2.45, 2.75) is 72.3 Å². The number of carbonyl (C=O) groups excluding carboxylic acids is 1. The predicted molar refractivity (Wildman–Crippen MR) is 106 cm³/mol. The molecule has 0 aliphatic heterocycles. The van der Waals surface area contributed by atoms with Gasteiger partial charge in [-0.3, -0.25) is 14.7 Å². The Morgan fingerprint density at radius 2 is 1.83 bits per heavy atom. The number of H-pyrrole nitrogens is 1. The Kier molecular flexibility index (Phi) is 5.06. The van der Waals surface area contributed by atoms with Gasteiger partial charge in [-0.2, -0.15) is 14.5 Å². The van der Waals surface area contributed by atoms with E-state index in [1.165, 1.54) is 4.52 Å². The van der Waals surface area contributed by atoms with E-state index in [9.17, 15) is 9.59 Å². The molecule has 0 aromatic carbocycles. The van der Waals surface area contributed by atoms with Crippen LogP contribution in [0, 0.1) is 13.8 Å². The van der Waals surface area contributed by atoms with Gasteiger partial charge in [0.1, 0.15) is 5.82 Å². The molecule has 156 valence electrons. The van der Waals surface area contributed by atoms with Crippen LogP contribution in [0.1, 0.15) is 69.8 Å². The fraction of sp³-hybridized carbons (Fsp3) is 0.579. The summed E-state index contributed by atoms with van der Waals surface area (Å²) in [5, 5.41) is 9.79. The number of hydrogen-bond acceptors (Lipinski definition) is 7. The van der Waals surface area contributed by atoms with E-state index in [0.29, 0.717) is 34.6 Å². The Morgan fingerprint density at radius 3 is 2.45 bits per heavy atom. The van der Waals surface area contributed by atoms with Crippen molar-refractivity contribution in [1.82, 2.24) is 35.0 Å². The van der Waals surface area contributed by atoms with Gasteiger partial charge in [0, 0.05) is 17.4 Å². The number of aryl methyl sites for hydroxylation is 2. The van der Waals surface area contributed by atoms with Gasteiger partial charge in [0.25, 0.3) is 11.3 Å². The molecule has 3 aromatic heterocycles. The number of rotatable bonds is 5. The fourth-order valence-electron chi connectivity index (χ4n) is 2.94. The molecule has 0 aliphatic rings. The lowest BCUT2D eigenvalue weighted by Gasteiger charge is -2.22. The Morgan fingerprint density at radius 1 is 1.14 bits per heavy atom. The van der Waals surface area contributed by atoms with Crippen LogP contribution in [0.15, 0.2) is 9.32 Å². The lowest BCUT2D eigenvalue weighted by atomic mass is 9.97. The molecule has 2 N–H and O–H groups in total. The van der Waals surface area contributed by atoms with Crippen molar-refractivity contribution in [3.05, 3.63) is 39.2 Å². The molecule has 3 rings (SSSR count). The molecule has 0 spiro atoms. The number of aromatic nitrogens is 6. The van der Waals surface area contributed by atoms with E-state index in [-0.39, 0.29) is 29.7 Å². The van der Waals surface area contributed by atoms with Crippen molar-refractivity contribution in [3.63, 3.8) is 0 Å². The van der Waals surface area contributed by atoms with Crippen molar-refractivity contribution < 1.29 is 9.32 Å². The molecule has 0 bridgehead atoms. The zero-order valence-corrected chi connectivity index (χ0v) is 17.9. The monoisotopic (exact) mass is 401 g/mol. The van der Waals surface area contributed by atoms with Crippen LogP contribution in [0.4, 0.5) is 0 Å². The molecular weight excluding hydrogens is 374 g/mol. The first-order chi connectivity index (χ1) is 13.4. The molecule has 0 radical (unpaired) electrons. The Hall–Kier alpha value is -3.04. The van der Waals surface area contributed by atoms with Gasteiger partial charge in [0.15, 0.2) is 5.82 Å². The second kappa shape index (κ2) is 7.09. The van der Waals surface area contributed by atoms with Crippen LogP contribution < -0.4 is 10.9 Å². The van der Waals surface area contributed by atoms with Crippen molar-refractivity contribution >= 4 is 11.7 Å². The number of nitrogens with one attached hydrogen (secondary N) is 2.